The lowest BCUT2D eigenvalue weighted by molar-refractivity contribution is 0.0697. The fourth-order valence-electron chi connectivity index (χ4n) is 2.35. The predicted molar refractivity (Wildman–Crippen MR) is 98.0 cm³/mol. The van der Waals surface area contributed by atoms with Crippen molar-refractivity contribution in [3.05, 3.63) is 29.8 Å². The van der Waals surface area contributed by atoms with E-state index in [0.717, 1.165) is 12.2 Å². The highest BCUT2D eigenvalue weighted by Gasteiger charge is 2.17. The fourth-order valence-corrected chi connectivity index (χ4v) is 11.4. The van der Waals surface area contributed by atoms with Crippen molar-refractivity contribution in [3.63, 3.8) is 0 Å². The van der Waals surface area contributed by atoms with Crippen LogP contribution in [0.3, 0.4) is 0 Å². The number of hydrogen-bond acceptors (Lipinski definition) is 2. The molecule has 0 fully saturated rings. The molecule has 1 N–H and O–H groups in total. The molecule has 0 bridgehead atoms. The molecule has 0 amide bonds. The SMILES string of the molecule is CS(C)(C)CS(C)(C)CCCOc1ccc(C(=O)O)cc1. The van der Waals surface area contributed by atoms with Crippen LogP contribution in [0.2, 0.25) is 0 Å². The molecule has 0 aromatic heterocycles. The Balaban J connectivity index is 2.35. The van der Waals surface area contributed by atoms with Gasteiger partial charge in [0.15, 0.2) is 0 Å². The Morgan fingerprint density at radius 3 is 2.14 bits per heavy atom. The molecule has 1 rings (SSSR count). The van der Waals surface area contributed by atoms with E-state index in [2.05, 4.69) is 31.3 Å². The van der Waals surface area contributed by atoms with E-state index in [1.807, 2.05) is 0 Å². The second kappa shape index (κ2) is 7.45. The molecule has 0 saturated carbocycles. The number of aromatic carboxylic acids is 1. The molecule has 0 heterocycles. The summed E-state index contributed by atoms with van der Waals surface area (Å²) in [6, 6.07) is 6.60. The highest BCUT2D eigenvalue weighted by Crippen LogP contribution is 2.53. The van der Waals surface area contributed by atoms with Crippen molar-refractivity contribution in [2.45, 2.75) is 6.42 Å². The maximum absolute atomic E-state index is 10.8. The normalized spacial score (nSPS) is 13.8. The minimum Gasteiger partial charge on any atom is -0.494 e. The Morgan fingerprint density at radius 1 is 1.10 bits per heavy atom. The standard InChI is InChI=1S/C16H28O3S2/c1-20(2,3)13-21(4,5)12-6-11-19-15-9-7-14(8-10-15)16(17)18/h7-10H,6,11-13H2,1-5H3,(H,17,18). The summed E-state index contributed by atoms with van der Waals surface area (Å²) >= 11 is 0. The molecule has 0 radical (unpaired) electrons. The van der Waals surface area contributed by atoms with Gasteiger partial charge in [-0.15, -0.1) is 0 Å². The summed E-state index contributed by atoms with van der Waals surface area (Å²) in [6.45, 7) is 0.697. The number of benzene rings is 1. The van der Waals surface area contributed by atoms with Crippen LogP contribution in [-0.2, 0) is 0 Å². The zero-order chi connectivity index (χ0) is 16.1. The van der Waals surface area contributed by atoms with E-state index in [0.29, 0.717) is 12.2 Å². The zero-order valence-corrected chi connectivity index (χ0v) is 15.4. The number of rotatable bonds is 8. The Morgan fingerprint density at radius 2 is 1.67 bits per heavy atom. The van der Waals surface area contributed by atoms with Crippen molar-refractivity contribution >= 4 is 26.0 Å². The quantitative estimate of drug-likeness (QED) is 0.735. The number of carboxylic acid groups (broad SMARTS) is 1. The summed E-state index contributed by atoms with van der Waals surface area (Å²) in [7, 11) is -0.976. The van der Waals surface area contributed by atoms with E-state index in [4.69, 9.17) is 9.84 Å². The molecule has 3 nitrogen and oxygen atoms in total. The second-order valence-electron chi connectivity index (χ2n) is 6.71. The predicted octanol–water partition coefficient (Wildman–Crippen LogP) is 3.87. The number of hydrogen-bond donors (Lipinski definition) is 1. The van der Waals surface area contributed by atoms with Gasteiger partial charge in [-0.05, 0) is 67.7 Å². The number of ether oxygens (including phenoxy) is 1. The second-order valence-corrected chi connectivity index (χ2v) is 15.8. The van der Waals surface area contributed by atoms with Crippen LogP contribution < -0.4 is 4.74 Å². The van der Waals surface area contributed by atoms with E-state index in [9.17, 15) is 4.79 Å². The molecule has 5 heteroatoms. The van der Waals surface area contributed by atoms with E-state index in [1.54, 1.807) is 24.3 Å². The third kappa shape index (κ3) is 7.67. The first kappa shape index (κ1) is 18.2. The molecule has 21 heavy (non-hydrogen) atoms. The molecular weight excluding hydrogens is 304 g/mol. The van der Waals surface area contributed by atoms with Gasteiger partial charge in [0.25, 0.3) is 0 Å². The van der Waals surface area contributed by atoms with Crippen LogP contribution in [0.5, 0.6) is 5.75 Å². The molecule has 0 saturated heterocycles. The van der Waals surface area contributed by atoms with Gasteiger partial charge in [-0.3, -0.25) is 0 Å². The molecule has 1 aromatic carbocycles. The fraction of sp³-hybridized carbons (Fsp3) is 0.562. The minimum absolute atomic E-state index is 0.293. The van der Waals surface area contributed by atoms with Crippen LogP contribution in [-0.4, -0.2) is 59.8 Å². The summed E-state index contributed by atoms with van der Waals surface area (Å²) in [5.41, 5.74) is 0.293. The van der Waals surface area contributed by atoms with Gasteiger partial charge in [0.1, 0.15) is 5.75 Å². The highest BCUT2D eigenvalue weighted by molar-refractivity contribution is 8.47. The van der Waals surface area contributed by atoms with E-state index >= 15 is 0 Å². The van der Waals surface area contributed by atoms with Gasteiger partial charge in [0.2, 0.25) is 0 Å². The van der Waals surface area contributed by atoms with Crippen LogP contribution in [0.15, 0.2) is 24.3 Å². The van der Waals surface area contributed by atoms with Gasteiger partial charge in [0.05, 0.1) is 12.2 Å². The molecule has 0 unspecified atom stereocenters. The average Bonchev–Trinajstić information content (AvgIpc) is 2.32. The van der Waals surface area contributed by atoms with Crippen molar-refractivity contribution in [1.29, 1.82) is 0 Å². The molecule has 0 aliphatic heterocycles. The van der Waals surface area contributed by atoms with Crippen molar-refractivity contribution in [1.82, 2.24) is 0 Å². The van der Waals surface area contributed by atoms with Crippen molar-refractivity contribution in [2.75, 3.05) is 48.7 Å². The lowest BCUT2D eigenvalue weighted by Gasteiger charge is -2.40. The Kier molecular flexibility index (Phi) is 6.47. The van der Waals surface area contributed by atoms with Crippen LogP contribution in [0.4, 0.5) is 0 Å². The first-order valence-corrected chi connectivity index (χ1v) is 12.7. The van der Waals surface area contributed by atoms with Gasteiger partial charge in [-0.25, -0.2) is 24.9 Å². The van der Waals surface area contributed by atoms with Gasteiger partial charge >= 0.3 is 5.97 Å². The van der Waals surface area contributed by atoms with E-state index in [-0.39, 0.29) is 0 Å². The van der Waals surface area contributed by atoms with Crippen LogP contribution in [0.1, 0.15) is 16.8 Å². The molecule has 0 spiro atoms. The molecule has 0 aliphatic carbocycles. The maximum atomic E-state index is 10.8. The van der Waals surface area contributed by atoms with Crippen LogP contribution >= 0.6 is 20.1 Å². The third-order valence-electron chi connectivity index (χ3n) is 2.88. The van der Waals surface area contributed by atoms with Gasteiger partial charge in [0, 0.05) is 5.08 Å². The lowest BCUT2D eigenvalue weighted by Crippen LogP contribution is -2.13. The zero-order valence-electron chi connectivity index (χ0n) is 13.7. The van der Waals surface area contributed by atoms with Crippen LogP contribution in [0, 0.1) is 0 Å². The first-order valence-electron chi connectivity index (χ1n) is 6.90. The van der Waals surface area contributed by atoms with Gasteiger partial charge in [-0.1, -0.05) is 0 Å². The molecule has 0 atom stereocenters. The summed E-state index contributed by atoms with van der Waals surface area (Å²) in [6.07, 6.45) is 13.0. The van der Waals surface area contributed by atoms with Crippen molar-refractivity contribution in [2.24, 2.45) is 0 Å². The summed E-state index contributed by atoms with van der Waals surface area (Å²) < 4.78 is 5.69. The molecule has 122 valence electrons. The molecular formula is C16H28O3S2. The molecule has 1 aromatic rings. The summed E-state index contributed by atoms with van der Waals surface area (Å²) in [5, 5.41) is 10.2. The van der Waals surface area contributed by atoms with Crippen molar-refractivity contribution < 1.29 is 14.6 Å². The Hall–Kier alpha value is -0.810. The highest BCUT2D eigenvalue weighted by atomic mass is 32.3. The van der Waals surface area contributed by atoms with E-state index in [1.165, 1.54) is 10.8 Å². The first-order chi connectivity index (χ1) is 9.59. The Labute approximate surface area is 131 Å². The third-order valence-corrected chi connectivity index (χ3v) is 9.66. The number of carboxylic acids is 1. The van der Waals surface area contributed by atoms with E-state index < -0.39 is 26.0 Å². The minimum atomic E-state index is -0.906. The van der Waals surface area contributed by atoms with Crippen molar-refractivity contribution in [3.8, 4) is 5.75 Å². The topological polar surface area (TPSA) is 46.5 Å². The van der Waals surface area contributed by atoms with Gasteiger partial charge in [-0.2, -0.15) is 0 Å². The smallest absolute Gasteiger partial charge is 0.335 e. The monoisotopic (exact) mass is 332 g/mol. The maximum Gasteiger partial charge on any atom is 0.335 e. The largest absolute Gasteiger partial charge is 0.494 e. The summed E-state index contributed by atoms with van der Waals surface area (Å²) in [5.74, 6) is 1.07. The van der Waals surface area contributed by atoms with Crippen LogP contribution in [0.25, 0.3) is 0 Å². The number of carbonyl (C=O) groups is 1. The molecule has 0 aliphatic rings. The lowest BCUT2D eigenvalue weighted by atomic mass is 10.2. The Bertz CT molecular complexity index is 461. The summed E-state index contributed by atoms with van der Waals surface area (Å²) in [4.78, 5) is 10.8. The average molecular weight is 333 g/mol. The van der Waals surface area contributed by atoms with Gasteiger partial charge < -0.3 is 9.84 Å².